The van der Waals surface area contributed by atoms with Crippen molar-refractivity contribution in [3.05, 3.63) is 120 Å². The zero-order valence-corrected chi connectivity index (χ0v) is 21.6. The summed E-state index contributed by atoms with van der Waals surface area (Å²) in [4.78, 5) is 41.7. The predicted molar refractivity (Wildman–Crippen MR) is 154 cm³/mol. The minimum absolute atomic E-state index is 0.0328. The molecule has 41 heavy (non-hydrogen) atoms. The molecule has 0 saturated heterocycles. The van der Waals surface area contributed by atoms with Crippen molar-refractivity contribution in [2.45, 2.75) is 6.54 Å². The maximum atomic E-state index is 12.6. The van der Waals surface area contributed by atoms with Crippen LogP contribution in [0.3, 0.4) is 0 Å². The van der Waals surface area contributed by atoms with Gasteiger partial charge in [0.2, 0.25) is 0 Å². The van der Waals surface area contributed by atoms with Crippen LogP contribution in [-0.2, 0) is 6.54 Å². The Hall–Kier alpha value is -5.90. The molecule has 0 fully saturated rings. The molecule has 4 N–H and O–H groups in total. The molecular formula is C31H23N7O3. The molecule has 0 aliphatic rings. The monoisotopic (exact) mass is 541 g/mol. The molecule has 10 heteroatoms. The van der Waals surface area contributed by atoms with E-state index in [1.54, 1.807) is 6.20 Å². The molecule has 1 amide bonds. The van der Waals surface area contributed by atoms with E-state index in [2.05, 4.69) is 15.3 Å². The summed E-state index contributed by atoms with van der Waals surface area (Å²) in [5, 5.41) is 11.9. The summed E-state index contributed by atoms with van der Waals surface area (Å²) in [6, 6.07) is 29.4. The van der Waals surface area contributed by atoms with Crippen LogP contribution in [0.25, 0.3) is 39.5 Å². The number of nitrogens with zero attached hydrogens (tertiary/aromatic N) is 5. The number of fused-ring (bicyclic) bond motifs is 1. The van der Waals surface area contributed by atoms with Gasteiger partial charge in [-0.15, -0.1) is 0 Å². The topological polar surface area (TPSA) is 149 Å². The van der Waals surface area contributed by atoms with Gasteiger partial charge >= 0.3 is 5.97 Å². The Bertz CT molecular complexity index is 1900. The summed E-state index contributed by atoms with van der Waals surface area (Å²) < 4.78 is 1.94. The van der Waals surface area contributed by atoms with Crippen molar-refractivity contribution in [1.29, 1.82) is 0 Å². The maximum absolute atomic E-state index is 12.6. The molecule has 4 heterocycles. The minimum atomic E-state index is -1.19. The smallest absolute Gasteiger partial charge is 0.354 e. The van der Waals surface area contributed by atoms with E-state index in [-0.39, 0.29) is 17.9 Å². The number of pyridine rings is 3. The third kappa shape index (κ3) is 5.09. The third-order valence-corrected chi connectivity index (χ3v) is 6.50. The Balaban J connectivity index is 1.34. The summed E-state index contributed by atoms with van der Waals surface area (Å²) in [5.74, 6) is -0.703. The molecular weight excluding hydrogens is 518 g/mol. The van der Waals surface area contributed by atoms with Gasteiger partial charge in [-0.25, -0.2) is 24.7 Å². The SMILES string of the molecule is Nc1ncccc1-c1nc2ccc(-c3ccccc3)nc2n1-c1ccc(CNC(=O)c2cccc(C(=O)O)n2)cc1. The summed E-state index contributed by atoms with van der Waals surface area (Å²) in [7, 11) is 0. The molecule has 200 valence electrons. The maximum Gasteiger partial charge on any atom is 0.354 e. The Morgan fingerprint density at radius 1 is 0.805 bits per heavy atom. The standard InChI is InChI=1S/C31H23N7O3/c32-27-22(8-5-17-33-27)28-37-24-16-15-23(20-6-2-1-3-7-20)36-29(24)38(28)21-13-11-19(12-14-21)18-34-30(39)25-9-4-10-26(35-25)31(40)41/h1-17H,18H2,(H2,32,33)(H,34,39)(H,40,41). The molecule has 0 aliphatic heterocycles. The van der Waals surface area contributed by atoms with Crippen LogP contribution in [0.2, 0.25) is 0 Å². The van der Waals surface area contributed by atoms with Gasteiger partial charge in [0.05, 0.1) is 11.3 Å². The van der Waals surface area contributed by atoms with Crippen molar-refractivity contribution in [3.63, 3.8) is 0 Å². The quantitative estimate of drug-likeness (QED) is 0.262. The largest absolute Gasteiger partial charge is 0.477 e. The average molecular weight is 542 g/mol. The van der Waals surface area contributed by atoms with E-state index < -0.39 is 11.9 Å². The van der Waals surface area contributed by atoms with Gasteiger partial charge in [-0.1, -0.05) is 48.5 Å². The van der Waals surface area contributed by atoms with Crippen LogP contribution in [0.15, 0.2) is 103 Å². The molecule has 4 aromatic heterocycles. The zero-order chi connectivity index (χ0) is 28.3. The van der Waals surface area contributed by atoms with Crippen LogP contribution >= 0.6 is 0 Å². The van der Waals surface area contributed by atoms with Gasteiger partial charge in [-0.2, -0.15) is 0 Å². The molecule has 0 atom stereocenters. The predicted octanol–water partition coefficient (Wildman–Crippen LogP) is 4.75. The molecule has 0 bridgehead atoms. The van der Waals surface area contributed by atoms with Crippen molar-refractivity contribution in [2.24, 2.45) is 0 Å². The number of aromatic carboxylic acids is 1. The van der Waals surface area contributed by atoms with Crippen molar-refractivity contribution < 1.29 is 14.7 Å². The van der Waals surface area contributed by atoms with E-state index in [1.807, 2.05) is 83.4 Å². The Labute approximate surface area is 234 Å². The molecule has 0 spiro atoms. The van der Waals surface area contributed by atoms with E-state index in [9.17, 15) is 9.59 Å². The fraction of sp³-hybridized carbons (Fsp3) is 0.0323. The normalized spacial score (nSPS) is 10.9. The zero-order valence-electron chi connectivity index (χ0n) is 21.6. The summed E-state index contributed by atoms with van der Waals surface area (Å²) in [6.45, 7) is 0.224. The number of carbonyl (C=O) groups excluding carboxylic acids is 1. The summed E-state index contributed by atoms with van der Waals surface area (Å²) >= 11 is 0. The number of carboxylic acids is 1. The number of hydrogen-bond acceptors (Lipinski definition) is 7. The van der Waals surface area contributed by atoms with Crippen LogP contribution in [0.1, 0.15) is 26.5 Å². The second kappa shape index (κ2) is 10.7. The molecule has 0 unspecified atom stereocenters. The van der Waals surface area contributed by atoms with E-state index >= 15 is 0 Å². The number of anilines is 1. The highest BCUT2D eigenvalue weighted by Gasteiger charge is 2.19. The second-order valence-corrected chi connectivity index (χ2v) is 9.17. The van der Waals surface area contributed by atoms with Gasteiger partial charge in [0.1, 0.15) is 22.7 Å². The first-order chi connectivity index (χ1) is 20.0. The van der Waals surface area contributed by atoms with Crippen LogP contribution < -0.4 is 11.1 Å². The molecule has 10 nitrogen and oxygen atoms in total. The highest BCUT2D eigenvalue weighted by molar-refractivity contribution is 5.94. The molecule has 6 rings (SSSR count). The molecule has 0 saturated carbocycles. The minimum Gasteiger partial charge on any atom is -0.477 e. The number of carbonyl (C=O) groups is 2. The van der Waals surface area contributed by atoms with Gasteiger partial charge in [0, 0.05) is 24.0 Å². The van der Waals surface area contributed by atoms with Crippen LogP contribution in [0, 0.1) is 0 Å². The van der Waals surface area contributed by atoms with Crippen molar-refractivity contribution >= 4 is 28.9 Å². The number of rotatable bonds is 7. The first-order valence-corrected chi connectivity index (χ1v) is 12.7. The fourth-order valence-electron chi connectivity index (χ4n) is 4.47. The highest BCUT2D eigenvalue weighted by atomic mass is 16.4. The fourth-order valence-corrected chi connectivity index (χ4v) is 4.47. The van der Waals surface area contributed by atoms with Crippen molar-refractivity contribution in [3.8, 4) is 28.3 Å². The van der Waals surface area contributed by atoms with Crippen molar-refractivity contribution in [2.75, 3.05) is 5.73 Å². The van der Waals surface area contributed by atoms with Gasteiger partial charge in [0.25, 0.3) is 5.91 Å². The molecule has 2 aromatic carbocycles. The number of aromatic nitrogens is 5. The van der Waals surface area contributed by atoms with Gasteiger partial charge < -0.3 is 16.2 Å². The number of nitrogens with one attached hydrogen (secondary N) is 1. The number of carboxylic acid groups (broad SMARTS) is 1. The van der Waals surface area contributed by atoms with E-state index in [0.717, 1.165) is 22.5 Å². The van der Waals surface area contributed by atoms with Crippen LogP contribution in [0.4, 0.5) is 5.82 Å². The number of amides is 1. The van der Waals surface area contributed by atoms with E-state index in [1.165, 1.54) is 18.2 Å². The highest BCUT2D eigenvalue weighted by Crippen LogP contribution is 2.31. The number of benzene rings is 2. The molecule has 6 aromatic rings. The number of nitrogens with two attached hydrogens (primary N) is 1. The molecule has 0 radical (unpaired) electrons. The summed E-state index contributed by atoms with van der Waals surface area (Å²) in [6.07, 6.45) is 1.63. The lowest BCUT2D eigenvalue weighted by molar-refractivity contribution is 0.0690. The van der Waals surface area contributed by atoms with Gasteiger partial charge in [0.15, 0.2) is 11.5 Å². The Morgan fingerprint density at radius 2 is 1.59 bits per heavy atom. The Kier molecular flexibility index (Phi) is 6.62. The summed E-state index contributed by atoms with van der Waals surface area (Å²) in [5.41, 5.74) is 11.6. The second-order valence-electron chi connectivity index (χ2n) is 9.17. The lowest BCUT2D eigenvalue weighted by Crippen LogP contribution is -2.24. The van der Waals surface area contributed by atoms with Crippen molar-refractivity contribution in [1.82, 2.24) is 29.8 Å². The van der Waals surface area contributed by atoms with Crippen LogP contribution in [-0.4, -0.2) is 41.5 Å². The first-order valence-electron chi connectivity index (χ1n) is 12.7. The van der Waals surface area contributed by atoms with E-state index in [0.29, 0.717) is 28.4 Å². The molecule has 0 aliphatic carbocycles. The third-order valence-electron chi connectivity index (χ3n) is 6.50. The van der Waals surface area contributed by atoms with E-state index in [4.69, 9.17) is 20.8 Å². The number of imidazole rings is 1. The van der Waals surface area contributed by atoms with Gasteiger partial charge in [-0.3, -0.25) is 9.36 Å². The average Bonchev–Trinajstić information content (AvgIpc) is 3.39. The lowest BCUT2D eigenvalue weighted by Gasteiger charge is -2.12. The first kappa shape index (κ1) is 25.4. The number of hydrogen-bond donors (Lipinski definition) is 3. The van der Waals surface area contributed by atoms with Crippen LogP contribution in [0.5, 0.6) is 0 Å². The Morgan fingerprint density at radius 3 is 2.34 bits per heavy atom. The van der Waals surface area contributed by atoms with Gasteiger partial charge in [-0.05, 0) is 54.1 Å². The lowest BCUT2D eigenvalue weighted by atomic mass is 10.1. The number of nitrogen functional groups attached to an aromatic ring is 1.